The van der Waals surface area contributed by atoms with Crippen LogP contribution in [0, 0.1) is 5.92 Å². The third-order valence-electron chi connectivity index (χ3n) is 3.55. The molecule has 144 valence electrons. The molecular formula is C19H22N2O6. The zero-order valence-corrected chi connectivity index (χ0v) is 15.4. The molecule has 0 aliphatic heterocycles. The van der Waals surface area contributed by atoms with Crippen molar-refractivity contribution in [2.24, 2.45) is 5.92 Å². The lowest BCUT2D eigenvalue weighted by atomic mass is 10.0. The van der Waals surface area contributed by atoms with Crippen LogP contribution >= 0.6 is 0 Å². The zero-order valence-electron chi connectivity index (χ0n) is 15.4. The van der Waals surface area contributed by atoms with Crippen LogP contribution in [0.2, 0.25) is 0 Å². The molecule has 1 amide bonds. The van der Waals surface area contributed by atoms with Crippen LogP contribution in [-0.2, 0) is 23.9 Å². The van der Waals surface area contributed by atoms with Crippen molar-refractivity contribution >= 4 is 35.0 Å². The smallest absolute Gasteiger partial charge is 0.331 e. The number of hydrogen-bond donors (Lipinski definition) is 1. The lowest BCUT2D eigenvalue weighted by Gasteiger charge is -2.18. The molecule has 1 aromatic heterocycles. The molecule has 1 aromatic carbocycles. The number of carbonyl (C=O) groups excluding carboxylic acids is 3. The van der Waals surface area contributed by atoms with Crippen molar-refractivity contribution in [1.29, 1.82) is 0 Å². The average molecular weight is 374 g/mol. The Bertz CT molecular complexity index is 807. The first-order chi connectivity index (χ1) is 12.9. The van der Waals surface area contributed by atoms with E-state index in [1.807, 2.05) is 26.0 Å². The van der Waals surface area contributed by atoms with Crippen LogP contribution in [-0.4, -0.2) is 42.6 Å². The van der Waals surface area contributed by atoms with Gasteiger partial charge >= 0.3 is 11.9 Å². The molecule has 8 nitrogen and oxygen atoms in total. The Morgan fingerprint density at radius 1 is 1.26 bits per heavy atom. The van der Waals surface area contributed by atoms with Gasteiger partial charge in [0.25, 0.3) is 5.91 Å². The summed E-state index contributed by atoms with van der Waals surface area (Å²) in [6, 6.07) is 6.41. The fraction of sp³-hybridized carbons (Fsp3) is 0.368. The quantitative estimate of drug-likeness (QED) is 0.557. The number of benzene rings is 1. The van der Waals surface area contributed by atoms with E-state index in [-0.39, 0.29) is 11.8 Å². The van der Waals surface area contributed by atoms with Crippen molar-refractivity contribution in [3.63, 3.8) is 0 Å². The van der Waals surface area contributed by atoms with Gasteiger partial charge in [-0.05, 0) is 24.5 Å². The van der Waals surface area contributed by atoms with Crippen LogP contribution < -0.4 is 5.32 Å². The summed E-state index contributed by atoms with van der Waals surface area (Å²) in [6.45, 7) is 3.32. The molecule has 0 bridgehead atoms. The molecule has 0 aliphatic carbocycles. The minimum atomic E-state index is -0.781. The Balaban J connectivity index is 1.84. The van der Waals surface area contributed by atoms with Crippen LogP contribution in [0.1, 0.15) is 26.2 Å². The van der Waals surface area contributed by atoms with E-state index >= 15 is 0 Å². The van der Waals surface area contributed by atoms with Gasteiger partial charge in [0.1, 0.15) is 11.6 Å². The predicted molar refractivity (Wildman–Crippen MR) is 97.4 cm³/mol. The van der Waals surface area contributed by atoms with Gasteiger partial charge in [0.05, 0.1) is 7.11 Å². The first-order valence-electron chi connectivity index (χ1n) is 8.46. The maximum atomic E-state index is 11.9. The molecule has 0 spiro atoms. The second-order valence-electron chi connectivity index (χ2n) is 6.23. The first kappa shape index (κ1) is 20.2. The van der Waals surface area contributed by atoms with E-state index in [0.717, 1.165) is 6.08 Å². The molecule has 1 atom stereocenters. The number of oxazole rings is 1. The number of carbonyl (C=O) groups is 3. The molecular weight excluding hydrogens is 352 g/mol. The maximum absolute atomic E-state index is 11.9. The van der Waals surface area contributed by atoms with E-state index < -0.39 is 30.5 Å². The van der Waals surface area contributed by atoms with E-state index in [2.05, 4.69) is 15.0 Å². The van der Waals surface area contributed by atoms with Gasteiger partial charge in [-0.2, -0.15) is 0 Å². The number of esters is 2. The Kier molecular flexibility index (Phi) is 7.10. The molecule has 27 heavy (non-hydrogen) atoms. The van der Waals surface area contributed by atoms with Crippen molar-refractivity contribution in [2.45, 2.75) is 26.3 Å². The lowest BCUT2D eigenvalue weighted by molar-refractivity contribution is -0.148. The molecule has 1 heterocycles. The molecule has 0 saturated heterocycles. The van der Waals surface area contributed by atoms with Crippen LogP contribution in [0.15, 0.2) is 34.8 Å². The van der Waals surface area contributed by atoms with Gasteiger partial charge in [-0.25, -0.2) is 14.6 Å². The summed E-state index contributed by atoms with van der Waals surface area (Å²) in [4.78, 5) is 39.5. The highest BCUT2D eigenvalue weighted by Crippen LogP contribution is 2.15. The maximum Gasteiger partial charge on any atom is 0.331 e. The fourth-order valence-electron chi connectivity index (χ4n) is 2.35. The third kappa shape index (κ3) is 6.25. The summed E-state index contributed by atoms with van der Waals surface area (Å²) in [7, 11) is 1.25. The number of nitrogens with one attached hydrogen (secondary N) is 1. The molecule has 0 unspecified atom stereocenters. The van der Waals surface area contributed by atoms with E-state index in [4.69, 9.17) is 9.15 Å². The Labute approximate surface area is 156 Å². The van der Waals surface area contributed by atoms with Crippen LogP contribution in [0.3, 0.4) is 0 Å². The standard InChI is InChI=1S/C19H22N2O6/c1-12(2)10-14(19(24)25-3)20-16(22)11-26-18(23)9-8-17-21-13-6-4-5-7-15(13)27-17/h4-9,12,14H,10-11H2,1-3H3,(H,20,22)/b9-8+/t14-/m1/s1. The topological polar surface area (TPSA) is 108 Å². The Morgan fingerprint density at radius 3 is 2.67 bits per heavy atom. The molecule has 8 heteroatoms. The Morgan fingerprint density at radius 2 is 2.00 bits per heavy atom. The van der Waals surface area contributed by atoms with Gasteiger partial charge in [0, 0.05) is 12.2 Å². The predicted octanol–water partition coefficient (Wildman–Crippen LogP) is 2.09. The molecule has 2 aromatic rings. The number of methoxy groups -OCH3 is 1. The summed E-state index contributed by atoms with van der Waals surface area (Å²) in [5.41, 5.74) is 1.27. The summed E-state index contributed by atoms with van der Waals surface area (Å²) < 4.78 is 15.0. The summed E-state index contributed by atoms with van der Waals surface area (Å²) in [6.07, 6.45) is 2.89. The van der Waals surface area contributed by atoms with Crippen LogP contribution in [0.4, 0.5) is 0 Å². The van der Waals surface area contributed by atoms with Crippen molar-refractivity contribution in [2.75, 3.05) is 13.7 Å². The molecule has 0 aliphatic rings. The van der Waals surface area contributed by atoms with Gasteiger partial charge in [0.15, 0.2) is 12.2 Å². The molecule has 0 saturated carbocycles. The van der Waals surface area contributed by atoms with E-state index in [0.29, 0.717) is 17.5 Å². The number of amides is 1. The van der Waals surface area contributed by atoms with Gasteiger partial charge in [-0.1, -0.05) is 26.0 Å². The fourth-order valence-corrected chi connectivity index (χ4v) is 2.35. The highest BCUT2D eigenvalue weighted by Gasteiger charge is 2.22. The minimum absolute atomic E-state index is 0.177. The molecule has 0 radical (unpaired) electrons. The zero-order chi connectivity index (χ0) is 19.8. The van der Waals surface area contributed by atoms with Crippen molar-refractivity contribution < 1.29 is 28.3 Å². The van der Waals surface area contributed by atoms with E-state index in [1.165, 1.54) is 13.2 Å². The second-order valence-corrected chi connectivity index (χ2v) is 6.23. The Hall–Kier alpha value is -3.16. The van der Waals surface area contributed by atoms with Crippen molar-refractivity contribution in [3.8, 4) is 0 Å². The number of aromatic nitrogens is 1. The number of rotatable bonds is 8. The number of hydrogen-bond acceptors (Lipinski definition) is 7. The molecule has 2 rings (SSSR count). The minimum Gasteiger partial charge on any atom is -0.467 e. The van der Waals surface area contributed by atoms with Crippen LogP contribution in [0.5, 0.6) is 0 Å². The highest BCUT2D eigenvalue weighted by atomic mass is 16.5. The van der Waals surface area contributed by atoms with Crippen LogP contribution in [0.25, 0.3) is 17.2 Å². The van der Waals surface area contributed by atoms with E-state index in [9.17, 15) is 14.4 Å². The van der Waals surface area contributed by atoms with Crippen molar-refractivity contribution in [3.05, 3.63) is 36.2 Å². The second kappa shape index (κ2) is 9.51. The average Bonchev–Trinajstić information content (AvgIpc) is 3.06. The third-order valence-corrected chi connectivity index (χ3v) is 3.55. The number of fused-ring (bicyclic) bond motifs is 1. The summed E-state index contributed by atoms with van der Waals surface area (Å²) in [5, 5.41) is 2.50. The highest BCUT2D eigenvalue weighted by molar-refractivity contribution is 5.90. The monoisotopic (exact) mass is 374 g/mol. The molecule has 1 N–H and O–H groups in total. The summed E-state index contributed by atoms with van der Waals surface area (Å²) >= 11 is 0. The van der Waals surface area contributed by atoms with Gasteiger partial charge in [-0.15, -0.1) is 0 Å². The largest absolute Gasteiger partial charge is 0.467 e. The summed E-state index contributed by atoms with van der Waals surface area (Å²) in [5.74, 6) is -1.43. The van der Waals surface area contributed by atoms with E-state index in [1.54, 1.807) is 12.1 Å². The number of ether oxygens (including phenoxy) is 2. The SMILES string of the molecule is COC(=O)[C@@H](CC(C)C)NC(=O)COC(=O)/C=C/c1nc2ccccc2o1. The molecule has 0 fully saturated rings. The van der Waals surface area contributed by atoms with Gasteiger partial charge < -0.3 is 19.2 Å². The van der Waals surface area contributed by atoms with Gasteiger partial charge in [0.2, 0.25) is 5.89 Å². The number of para-hydroxylation sites is 2. The first-order valence-corrected chi connectivity index (χ1v) is 8.46. The lowest BCUT2D eigenvalue weighted by Crippen LogP contribution is -2.44. The van der Waals surface area contributed by atoms with Crippen molar-refractivity contribution in [1.82, 2.24) is 10.3 Å². The normalized spacial score (nSPS) is 12.3. The number of nitrogens with zero attached hydrogens (tertiary/aromatic N) is 1. The van der Waals surface area contributed by atoms with Gasteiger partial charge in [-0.3, -0.25) is 4.79 Å².